The highest BCUT2D eigenvalue weighted by atomic mass is 19.4. The van der Waals surface area contributed by atoms with Gasteiger partial charge in [0.15, 0.2) is 0 Å². The van der Waals surface area contributed by atoms with Crippen molar-refractivity contribution in [1.29, 1.82) is 0 Å². The van der Waals surface area contributed by atoms with Gasteiger partial charge in [0, 0.05) is 18.2 Å². The van der Waals surface area contributed by atoms with Crippen molar-refractivity contribution in [2.45, 2.75) is 25.4 Å². The van der Waals surface area contributed by atoms with E-state index < -0.39 is 18.2 Å². The zero-order chi connectivity index (χ0) is 23.3. The lowest BCUT2D eigenvalue weighted by Crippen LogP contribution is -2.47. The van der Waals surface area contributed by atoms with Crippen LogP contribution in [0.25, 0.3) is 5.57 Å². The minimum absolute atomic E-state index is 0.00918. The number of anilines is 1. The van der Waals surface area contributed by atoms with Gasteiger partial charge in [-0.25, -0.2) is 9.18 Å². The van der Waals surface area contributed by atoms with E-state index in [1.165, 1.54) is 41.3 Å². The molecule has 2 aromatic rings. The molecule has 3 aliphatic rings. The zero-order valence-corrected chi connectivity index (χ0v) is 17.2. The van der Waals surface area contributed by atoms with Crippen molar-refractivity contribution >= 4 is 23.2 Å². The van der Waals surface area contributed by atoms with Gasteiger partial charge in [0.05, 0.1) is 12.6 Å². The number of fused-ring (bicyclic) bond motifs is 3. The first-order valence-electron chi connectivity index (χ1n) is 10.4. The fourth-order valence-electron chi connectivity index (χ4n) is 4.75. The number of amides is 3. The number of likely N-dealkylation sites (tertiary alicyclic amines) is 1. The molecule has 1 aliphatic carbocycles. The summed E-state index contributed by atoms with van der Waals surface area (Å²) >= 11 is 0. The van der Waals surface area contributed by atoms with Crippen LogP contribution in [0.1, 0.15) is 17.5 Å². The highest BCUT2D eigenvalue weighted by Gasteiger charge is 2.42. The summed E-state index contributed by atoms with van der Waals surface area (Å²) in [5, 5.41) is 2.66. The Morgan fingerprint density at radius 3 is 2.73 bits per heavy atom. The molecule has 33 heavy (non-hydrogen) atoms. The normalized spacial score (nSPS) is 21.6. The molecule has 0 unspecified atom stereocenters. The molecule has 0 aromatic heterocycles. The van der Waals surface area contributed by atoms with Gasteiger partial charge in [0.2, 0.25) is 5.91 Å². The van der Waals surface area contributed by atoms with Crippen LogP contribution in [-0.2, 0) is 11.3 Å². The summed E-state index contributed by atoms with van der Waals surface area (Å²) in [5.41, 5.74) is 2.63. The highest BCUT2D eigenvalue weighted by Crippen LogP contribution is 2.43. The average molecular weight is 461 g/mol. The smallest absolute Gasteiger partial charge is 0.406 e. The van der Waals surface area contributed by atoms with Crippen LogP contribution in [0.3, 0.4) is 0 Å². The van der Waals surface area contributed by atoms with Crippen molar-refractivity contribution in [3.8, 4) is 5.75 Å². The number of nitrogens with zero attached hydrogens (tertiary/aromatic N) is 2. The maximum atomic E-state index is 13.5. The molecule has 3 amide bonds. The minimum atomic E-state index is -4.77. The van der Waals surface area contributed by atoms with Crippen LogP contribution in [0.15, 0.2) is 48.5 Å². The van der Waals surface area contributed by atoms with Crippen molar-refractivity contribution in [2.75, 3.05) is 18.4 Å². The number of nitrogens with one attached hydrogen (secondary N) is 1. The molecule has 2 atom stereocenters. The Morgan fingerprint density at radius 1 is 1.18 bits per heavy atom. The van der Waals surface area contributed by atoms with E-state index >= 15 is 0 Å². The summed E-state index contributed by atoms with van der Waals surface area (Å²) in [5.74, 6) is -0.952. The number of urea groups is 1. The number of rotatable bonds is 4. The first-order valence-corrected chi connectivity index (χ1v) is 10.4. The summed E-state index contributed by atoms with van der Waals surface area (Å²) in [4.78, 5) is 28.3. The van der Waals surface area contributed by atoms with Crippen molar-refractivity contribution in [3.05, 3.63) is 65.5 Å². The molecule has 0 spiro atoms. The summed E-state index contributed by atoms with van der Waals surface area (Å²) in [6, 6.07) is 9.27. The first kappa shape index (κ1) is 21.3. The van der Waals surface area contributed by atoms with Gasteiger partial charge in [-0.1, -0.05) is 18.2 Å². The number of carbonyl (C=O) groups excluding carboxylic acids is 2. The molecule has 10 heteroatoms. The number of carbonyl (C=O) groups is 2. The maximum absolute atomic E-state index is 13.5. The zero-order valence-electron chi connectivity index (χ0n) is 17.2. The number of hydrogen-bond acceptors (Lipinski definition) is 3. The Kier molecular flexibility index (Phi) is 5.02. The third-order valence-corrected chi connectivity index (χ3v) is 6.16. The number of halogens is 4. The quantitative estimate of drug-likeness (QED) is 0.688. The Morgan fingerprint density at radius 2 is 2.00 bits per heavy atom. The van der Waals surface area contributed by atoms with Crippen LogP contribution in [0, 0.1) is 11.7 Å². The van der Waals surface area contributed by atoms with Gasteiger partial charge >= 0.3 is 12.4 Å². The third-order valence-electron chi connectivity index (χ3n) is 6.16. The van der Waals surface area contributed by atoms with Crippen molar-refractivity contribution in [1.82, 2.24) is 9.80 Å². The van der Waals surface area contributed by atoms with E-state index in [-0.39, 0.29) is 36.7 Å². The Balaban J connectivity index is 1.27. The van der Waals surface area contributed by atoms with E-state index in [2.05, 4.69) is 10.1 Å². The van der Waals surface area contributed by atoms with Crippen molar-refractivity contribution in [3.63, 3.8) is 0 Å². The van der Waals surface area contributed by atoms with Gasteiger partial charge in [-0.2, -0.15) is 0 Å². The molecule has 0 saturated carbocycles. The number of benzene rings is 2. The fourth-order valence-corrected chi connectivity index (χ4v) is 4.75. The Bertz CT molecular complexity index is 1160. The predicted molar refractivity (Wildman–Crippen MR) is 111 cm³/mol. The number of ether oxygens (including phenoxy) is 1. The molecular weight excluding hydrogens is 442 g/mol. The van der Waals surface area contributed by atoms with Crippen LogP contribution in [0.2, 0.25) is 0 Å². The predicted octanol–water partition coefficient (Wildman–Crippen LogP) is 4.39. The third kappa shape index (κ3) is 4.24. The Hall–Kier alpha value is -3.56. The first-order chi connectivity index (χ1) is 15.7. The number of alkyl halides is 3. The monoisotopic (exact) mass is 461 g/mol. The van der Waals surface area contributed by atoms with Gasteiger partial charge in [-0.3, -0.25) is 4.79 Å². The molecule has 2 heterocycles. The molecule has 1 N–H and O–H groups in total. The van der Waals surface area contributed by atoms with E-state index in [0.717, 1.165) is 5.57 Å². The lowest BCUT2D eigenvalue weighted by atomic mass is 9.95. The molecule has 5 rings (SSSR count). The molecule has 6 nitrogen and oxygen atoms in total. The average Bonchev–Trinajstić information content (AvgIpc) is 3.35. The van der Waals surface area contributed by atoms with Gasteiger partial charge in [-0.15, -0.1) is 13.2 Å². The SMILES string of the molecule is O=C1Nc2ccc(F)cc2CN1CC(=O)N1C[C@@H]2C[C@H]1C=C2c1cccc(OC(F)(F)F)c1. The van der Waals surface area contributed by atoms with E-state index in [1.54, 1.807) is 11.0 Å². The molecule has 172 valence electrons. The second-order valence-electron chi connectivity index (χ2n) is 8.33. The highest BCUT2D eigenvalue weighted by molar-refractivity contribution is 5.95. The molecule has 0 radical (unpaired) electrons. The molecule has 2 aromatic carbocycles. The standard InChI is InChI=1S/C23H19F4N3O3/c24-16-4-5-20-15(6-16)10-29(22(32)28-20)12-21(31)30-11-14-7-17(30)9-19(14)13-2-1-3-18(8-13)33-23(25,26)27/h1-6,8-9,14,17H,7,10-12H2,(H,28,32)/t14-,17-/m0/s1. The van der Waals surface area contributed by atoms with Crippen LogP contribution < -0.4 is 10.1 Å². The van der Waals surface area contributed by atoms with Gasteiger partial charge in [0.25, 0.3) is 0 Å². The van der Waals surface area contributed by atoms with Crippen molar-refractivity contribution < 1.29 is 31.9 Å². The van der Waals surface area contributed by atoms with E-state index in [9.17, 15) is 27.2 Å². The van der Waals surface area contributed by atoms with E-state index in [4.69, 9.17) is 0 Å². The molecule has 2 bridgehead atoms. The fraction of sp³-hybridized carbons (Fsp3) is 0.304. The molecular formula is C23H19F4N3O3. The largest absolute Gasteiger partial charge is 0.573 e. The summed E-state index contributed by atoms with van der Waals surface area (Å²) in [6.07, 6.45) is -2.21. The summed E-state index contributed by atoms with van der Waals surface area (Å²) in [7, 11) is 0. The van der Waals surface area contributed by atoms with Crippen LogP contribution in [0.5, 0.6) is 5.75 Å². The lowest BCUT2D eigenvalue weighted by Gasteiger charge is -2.32. The number of hydrogen-bond donors (Lipinski definition) is 1. The van der Waals surface area contributed by atoms with E-state index in [0.29, 0.717) is 29.8 Å². The lowest BCUT2D eigenvalue weighted by molar-refractivity contribution is -0.274. The van der Waals surface area contributed by atoms with E-state index in [1.807, 2.05) is 6.08 Å². The van der Waals surface area contributed by atoms with Crippen LogP contribution >= 0.6 is 0 Å². The molecule has 2 aliphatic heterocycles. The van der Waals surface area contributed by atoms with Gasteiger partial charge in [0.1, 0.15) is 18.1 Å². The van der Waals surface area contributed by atoms with Gasteiger partial charge in [-0.05, 0) is 53.5 Å². The summed E-state index contributed by atoms with van der Waals surface area (Å²) < 4.78 is 55.1. The van der Waals surface area contributed by atoms with Crippen molar-refractivity contribution in [2.24, 2.45) is 5.92 Å². The second-order valence-corrected chi connectivity index (χ2v) is 8.33. The molecule has 1 fully saturated rings. The van der Waals surface area contributed by atoms with Crippen LogP contribution in [-0.4, -0.2) is 47.2 Å². The van der Waals surface area contributed by atoms with Crippen LogP contribution in [0.4, 0.5) is 28.0 Å². The second kappa shape index (κ2) is 7.79. The summed E-state index contributed by atoms with van der Waals surface area (Å²) in [6.45, 7) is 0.392. The Labute approximate surface area is 186 Å². The maximum Gasteiger partial charge on any atom is 0.573 e. The molecule has 1 saturated heterocycles. The minimum Gasteiger partial charge on any atom is -0.406 e. The van der Waals surface area contributed by atoms with Gasteiger partial charge < -0.3 is 19.9 Å². The topological polar surface area (TPSA) is 61.9 Å².